The highest BCUT2D eigenvalue weighted by atomic mass is 19.2. The molecule has 0 radical (unpaired) electrons. The molecule has 5 heteroatoms. The third kappa shape index (κ3) is 3.10. The molecule has 0 amide bonds. The van der Waals surface area contributed by atoms with Gasteiger partial charge in [0.1, 0.15) is 17.3 Å². The molecule has 0 saturated carbocycles. The first-order valence-electron chi connectivity index (χ1n) is 5.89. The minimum Gasteiger partial charge on any atom is -0.457 e. The van der Waals surface area contributed by atoms with E-state index in [0.717, 1.165) is 12.1 Å². The summed E-state index contributed by atoms with van der Waals surface area (Å²) in [6.07, 6.45) is 0. The van der Waals surface area contributed by atoms with Gasteiger partial charge < -0.3 is 4.74 Å². The van der Waals surface area contributed by atoms with Crippen LogP contribution in [-0.2, 0) is 0 Å². The van der Waals surface area contributed by atoms with E-state index in [1.807, 2.05) is 13.6 Å². The van der Waals surface area contributed by atoms with Gasteiger partial charge in [-0.3, -0.25) is 0 Å². The lowest BCUT2D eigenvalue weighted by Crippen LogP contribution is -2.25. The predicted octanol–water partition coefficient (Wildman–Crippen LogP) is 3.86. The largest absolute Gasteiger partial charge is 0.457 e. The maximum Gasteiger partial charge on any atom is 0.173 e. The molecule has 2 aromatic carbocycles. The molecule has 0 aliphatic heterocycles. The normalized spacial score (nSPS) is 10.4. The molecular weight excluding hydrogens is 252 g/mol. The van der Waals surface area contributed by atoms with E-state index in [1.165, 1.54) is 12.1 Å². The van der Waals surface area contributed by atoms with E-state index in [1.54, 1.807) is 12.1 Å². The fourth-order valence-electron chi connectivity index (χ4n) is 1.72. The zero-order valence-electron chi connectivity index (χ0n) is 10.6. The van der Waals surface area contributed by atoms with E-state index in [9.17, 15) is 13.2 Å². The molecule has 0 aliphatic carbocycles. The van der Waals surface area contributed by atoms with Crippen LogP contribution < -0.4 is 10.2 Å². The molecule has 2 aromatic rings. The van der Waals surface area contributed by atoms with Crippen LogP contribution in [0.3, 0.4) is 0 Å². The Bertz CT molecular complexity index is 599. The summed E-state index contributed by atoms with van der Waals surface area (Å²) in [5.41, 5.74) is 0.581. The fourth-order valence-corrected chi connectivity index (χ4v) is 1.72. The SMILES string of the molecule is CB(C)c1ccc(Oc2ccc(F)c(F)c2)cc1F. The van der Waals surface area contributed by atoms with Crippen molar-refractivity contribution >= 4 is 12.2 Å². The monoisotopic (exact) mass is 264 g/mol. The van der Waals surface area contributed by atoms with Gasteiger partial charge in [-0.25, -0.2) is 13.2 Å². The molecule has 0 N–H and O–H groups in total. The zero-order chi connectivity index (χ0) is 14.0. The van der Waals surface area contributed by atoms with Crippen LogP contribution in [0, 0.1) is 17.5 Å². The van der Waals surface area contributed by atoms with E-state index in [2.05, 4.69) is 0 Å². The summed E-state index contributed by atoms with van der Waals surface area (Å²) in [7, 11) is 0. The molecule has 0 unspecified atom stereocenters. The summed E-state index contributed by atoms with van der Waals surface area (Å²) in [6.45, 7) is 3.83. The van der Waals surface area contributed by atoms with Gasteiger partial charge in [-0.1, -0.05) is 19.7 Å². The fraction of sp³-hybridized carbons (Fsp3) is 0.143. The van der Waals surface area contributed by atoms with Gasteiger partial charge in [0.25, 0.3) is 0 Å². The Hall–Kier alpha value is -1.91. The summed E-state index contributed by atoms with van der Waals surface area (Å²) in [4.78, 5) is 0. The van der Waals surface area contributed by atoms with Crippen LogP contribution in [0.25, 0.3) is 0 Å². The second-order valence-electron chi connectivity index (χ2n) is 4.52. The summed E-state index contributed by atoms with van der Waals surface area (Å²) in [6, 6.07) is 7.62. The van der Waals surface area contributed by atoms with Crippen LogP contribution in [0.15, 0.2) is 36.4 Å². The molecule has 0 atom stereocenters. The number of halogens is 3. The molecule has 0 heterocycles. The molecule has 0 aliphatic rings. The van der Waals surface area contributed by atoms with Crippen molar-refractivity contribution in [1.29, 1.82) is 0 Å². The maximum absolute atomic E-state index is 13.7. The number of hydrogen-bond donors (Lipinski definition) is 0. The molecule has 1 nitrogen and oxygen atoms in total. The quantitative estimate of drug-likeness (QED) is 0.765. The van der Waals surface area contributed by atoms with Crippen LogP contribution in [0.5, 0.6) is 11.5 Å². The maximum atomic E-state index is 13.7. The summed E-state index contributed by atoms with van der Waals surface area (Å²) in [5, 5.41) is 0. The first-order chi connectivity index (χ1) is 8.97. The Balaban J connectivity index is 2.24. The molecule has 2 rings (SSSR count). The van der Waals surface area contributed by atoms with Crippen molar-refractivity contribution in [2.75, 3.05) is 0 Å². The average molecular weight is 264 g/mol. The van der Waals surface area contributed by atoms with Crippen LogP contribution in [0.1, 0.15) is 0 Å². The first kappa shape index (κ1) is 13.5. The Morgan fingerprint density at radius 2 is 1.37 bits per heavy atom. The Morgan fingerprint density at radius 1 is 0.789 bits per heavy atom. The van der Waals surface area contributed by atoms with Crippen molar-refractivity contribution in [1.82, 2.24) is 0 Å². The molecular formula is C14H12BF3O. The van der Waals surface area contributed by atoms with E-state index in [0.29, 0.717) is 5.46 Å². The van der Waals surface area contributed by atoms with Crippen LogP contribution >= 0.6 is 0 Å². The number of benzene rings is 2. The van der Waals surface area contributed by atoms with Crippen molar-refractivity contribution in [3.63, 3.8) is 0 Å². The van der Waals surface area contributed by atoms with Crippen LogP contribution in [0.4, 0.5) is 13.2 Å². The van der Waals surface area contributed by atoms with E-state index in [-0.39, 0.29) is 24.0 Å². The van der Waals surface area contributed by atoms with E-state index < -0.39 is 11.6 Å². The third-order valence-corrected chi connectivity index (χ3v) is 2.72. The van der Waals surface area contributed by atoms with Gasteiger partial charge in [0.15, 0.2) is 18.3 Å². The van der Waals surface area contributed by atoms with Gasteiger partial charge in [0, 0.05) is 12.1 Å². The molecule has 0 bridgehead atoms. The standard InChI is InChI=1S/C14H12BF3O/c1-15(2)11-5-3-9(7-13(11)17)19-10-4-6-12(16)14(18)8-10/h3-8H,1-2H3. The first-order valence-corrected chi connectivity index (χ1v) is 5.89. The second kappa shape index (κ2) is 5.39. The molecule has 98 valence electrons. The topological polar surface area (TPSA) is 9.23 Å². The highest BCUT2D eigenvalue weighted by molar-refractivity contribution is 6.70. The average Bonchev–Trinajstić information content (AvgIpc) is 2.33. The number of rotatable bonds is 3. The predicted molar refractivity (Wildman–Crippen MR) is 69.9 cm³/mol. The van der Waals surface area contributed by atoms with Crippen molar-refractivity contribution < 1.29 is 17.9 Å². The van der Waals surface area contributed by atoms with Gasteiger partial charge in [0.05, 0.1) is 0 Å². The van der Waals surface area contributed by atoms with Crippen molar-refractivity contribution in [2.24, 2.45) is 0 Å². The minimum atomic E-state index is -1.00. The highest BCUT2D eigenvalue weighted by Gasteiger charge is 2.11. The van der Waals surface area contributed by atoms with Gasteiger partial charge in [-0.05, 0) is 23.7 Å². The lowest BCUT2D eigenvalue weighted by Gasteiger charge is -2.09. The minimum absolute atomic E-state index is 0.0670. The van der Waals surface area contributed by atoms with Crippen molar-refractivity contribution in [2.45, 2.75) is 13.6 Å². The van der Waals surface area contributed by atoms with Crippen molar-refractivity contribution in [3.05, 3.63) is 53.8 Å². The van der Waals surface area contributed by atoms with Crippen LogP contribution in [0.2, 0.25) is 13.6 Å². The lowest BCUT2D eigenvalue weighted by molar-refractivity contribution is 0.458. The molecule has 0 spiro atoms. The van der Waals surface area contributed by atoms with Gasteiger partial charge in [0.2, 0.25) is 0 Å². The third-order valence-electron chi connectivity index (χ3n) is 2.72. The Labute approximate surface area is 110 Å². The van der Waals surface area contributed by atoms with E-state index in [4.69, 9.17) is 4.74 Å². The van der Waals surface area contributed by atoms with Gasteiger partial charge in [-0.15, -0.1) is 0 Å². The van der Waals surface area contributed by atoms with E-state index >= 15 is 0 Å². The zero-order valence-corrected chi connectivity index (χ0v) is 10.6. The smallest absolute Gasteiger partial charge is 0.173 e. The summed E-state index contributed by atoms with van der Waals surface area (Å²) < 4.78 is 44.8. The Morgan fingerprint density at radius 3 is 1.89 bits per heavy atom. The summed E-state index contributed by atoms with van der Waals surface area (Å²) >= 11 is 0. The highest BCUT2D eigenvalue weighted by Crippen LogP contribution is 2.23. The molecule has 0 saturated heterocycles. The van der Waals surface area contributed by atoms with Gasteiger partial charge >= 0.3 is 0 Å². The van der Waals surface area contributed by atoms with Crippen LogP contribution in [-0.4, -0.2) is 6.71 Å². The molecule has 19 heavy (non-hydrogen) atoms. The number of ether oxygens (including phenoxy) is 1. The summed E-state index contributed by atoms with van der Waals surface area (Å²) in [5.74, 6) is -1.97. The Kier molecular flexibility index (Phi) is 3.83. The molecule has 0 fully saturated rings. The molecule has 0 aromatic heterocycles. The van der Waals surface area contributed by atoms with Gasteiger partial charge in [-0.2, -0.15) is 0 Å². The van der Waals surface area contributed by atoms with Crippen molar-refractivity contribution in [3.8, 4) is 11.5 Å². The second-order valence-corrected chi connectivity index (χ2v) is 4.52. The number of hydrogen-bond acceptors (Lipinski definition) is 1. The lowest BCUT2D eigenvalue weighted by atomic mass is 9.49.